The molecule has 2 rings (SSSR count). The van der Waals surface area contributed by atoms with Gasteiger partial charge >= 0.3 is 0 Å². The summed E-state index contributed by atoms with van der Waals surface area (Å²) >= 11 is 0. The molecule has 0 amide bonds. The molecule has 3 nitrogen and oxygen atoms in total. The summed E-state index contributed by atoms with van der Waals surface area (Å²) in [7, 11) is 2.08. The van der Waals surface area contributed by atoms with Crippen LogP contribution in [0.4, 0.5) is 0 Å². The van der Waals surface area contributed by atoms with Gasteiger partial charge in [0.15, 0.2) is 0 Å². The van der Waals surface area contributed by atoms with E-state index in [1.54, 1.807) is 0 Å². The summed E-state index contributed by atoms with van der Waals surface area (Å²) in [6.45, 7) is 7.81. The largest absolute Gasteiger partial charge is 0.308 e. The quantitative estimate of drug-likeness (QED) is 0.879. The standard InChI is InChI=1S/C16H29N3/c1-5-10-17-16(14-8-6-12(2)7-9-14)15-11-13(3)18-19(15)4/h11-12,14,16-17H,5-10H2,1-4H3. The van der Waals surface area contributed by atoms with Gasteiger partial charge in [-0.3, -0.25) is 4.68 Å². The molecule has 1 unspecified atom stereocenters. The zero-order chi connectivity index (χ0) is 13.8. The smallest absolute Gasteiger partial charge is 0.0597 e. The van der Waals surface area contributed by atoms with Crippen LogP contribution in [0.5, 0.6) is 0 Å². The van der Waals surface area contributed by atoms with E-state index in [-0.39, 0.29) is 0 Å². The fraction of sp³-hybridized carbons (Fsp3) is 0.812. The van der Waals surface area contributed by atoms with Crippen LogP contribution in [0.15, 0.2) is 6.07 Å². The molecule has 0 aromatic carbocycles. The Morgan fingerprint density at radius 3 is 2.58 bits per heavy atom. The number of nitrogens with zero attached hydrogens (tertiary/aromatic N) is 2. The summed E-state index contributed by atoms with van der Waals surface area (Å²) in [5.41, 5.74) is 2.50. The van der Waals surface area contributed by atoms with Crippen molar-refractivity contribution >= 4 is 0 Å². The summed E-state index contributed by atoms with van der Waals surface area (Å²) < 4.78 is 2.07. The van der Waals surface area contributed by atoms with Gasteiger partial charge in [0.25, 0.3) is 0 Å². The van der Waals surface area contributed by atoms with Crippen molar-refractivity contribution in [3.8, 4) is 0 Å². The molecule has 1 saturated carbocycles. The fourth-order valence-corrected chi connectivity index (χ4v) is 3.35. The molecule has 1 aliphatic carbocycles. The molecular formula is C16H29N3. The van der Waals surface area contributed by atoms with Crippen LogP contribution in [0.2, 0.25) is 0 Å². The monoisotopic (exact) mass is 263 g/mol. The number of aryl methyl sites for hydroxylation is 2. The van der Waals surface area contributed by atoms with Crippen LogP contribution in [0.1, 0.15) is 63.4 Å². The van der Waals surface area contributed by atoms with E-state index in [1.165, 1.54) is 37.8 Å². The Morgan fingerprint density at radius 2 is 2.05 bits per heavy atom. The van der Waals surface area contributed by atoms with E-state index in [2.05, 4.69) is 49.0 Å². The van der Waals surface area contributed by atoms with Crippen LogP contribution in [0.25, 0.3) is 0 Å². The van der Waals surface area contributed by atoms with Crippen molar-refractivity contribution in [1.82, 2.24) is 15.1 Å². The average Bonchev–Trinajstić information content (AvgIpc) is 2.71. The van der Waals surface area contributed by atoms with Crippen molar-refractivity contribution in [2.24, 2.45) is 18.9 Å². The molecule has 19 heavy (non-hydrogen) atoms. The third-order valence-electron chi connectivity index (χ3n) is 4.50. The van der Waals surface area contributed by atoms with Gasteiger partial charge in [-0.05, 0) is 50.6 Å². The lowest BCUT2D eigenvalue weighted by atomic mass is 9.78. The van der Waals surface area contributed by atoms with Crippen molar-refractivity contribution in [1.29, 1.82) is 0 Å². The minimum Gasteiger partial charge on any atom is -0.308 e. The first-order chi connectivity index (χ1) is 9.11. The average molecular weight is 263 g/mol. The number of nitrogens with one attached hydrogen (secondary N) is 1. The Kier molecular flexibility index (Phi) is 5.03. The third-order valence-corrected chi connectivity index (χ3v) is 4.50. The lowest BCUT2D eigenvalue weighted by Gasteiger charge is -2.33. The Morgan fingerprint density at radius 1 is 1.37 bits per heavy atom. The Bertz CT molecular complexity index is 389. The first kappa shape index (κ1) is 14.6. The summed E-state index contributed by atoms with van der Waals surface area (Å²) in [5.74, 6) is 1.69. The number of hydrogen-bond acceptors (Lipinski definition) is 2. The van der Waals surface area contributed by atoms with E-state index in [9.17, 15) is 0 Å². The highest BCUT2D eigenvalue weighted by atomic mass is 15.3. The topological polar surface area (TPSA) is 29.9 Å². The van der Waals surface area contributed by atoms with Gasteiger partial charge in [0.05, 0.1) is 17.4 Å². The Hall–Kier alpha value is -0.830. The summed E-state index contributed by atoms with van der Waals surface area (Å²) in [6.07, 6.45) is 6.66. The Balaban J connectivity index is 2.13. The van der Waals surface area contributed by atoms with Crippen LogP contribution >= 0.6 is 0 Å². The molecule has 1 heterocycles. The molecule has 108 valence electrons. The molecule has 1 aromatic rings. The third kappa shape index (κ3) is 3.59. The van der Waals surface area contributed by atoms with E-state index >= 15 is 0 Å². The minimum absolute atomic E-state index is 0.485. The molecule has 3 heteroatoms. The molecule has 1 atom stereocenters. The van der Waals surface area contributed by atoms with Crippen molar-refractivity contribution in [2.75, 3.05) is 6.54 Å². The molecule has 1 N–H and O–H groups in total. The van der Waals surface area contributed by atoms with Crippen molar-refractivity contribution in [3.63, 3.8) is 0 Å². The molecule has 0 aliphatic heterocycles. The van der Waals surface area contributed by atoms with E-state index < -0.39 is 0 Å². The first-order valence-corrected chi connectivity index (χ1v) is 7.85. The second kappa shape index (κ2) is 6.56. The van der Waals surface area contributed by atoms with Crippen LogP contribution in [-0.2, 0) is 7.05 Å². The van der Waals surface area contributed by atoms with Gasteiger partial charge in [0, 0.05) is 7.05 Å². The number of hydrogen-bond donors (Lipinski definition) is 1. The molecule has 0 bridgehead atoms. The molecule has 0 saturated heterocycles. The van der Waals surface area contributed by atoms with Crippen LogP contribution in [-0.4, -0.2) is 16.3 Å². The molecule has 0 radical (unpaired) electrons. The number of aromatic nitrogens is 2. The highest BCUT2D eigenvalue weighted by molar-refractivity contribution is 5.14. The molecular weight excluding hydrogens is 234 g/mol. The predicted molar refractivity (Wildman–Crippen MR) is 80.1 cm³/mol. The summed E-state index contributed by atoms with van der Waals surface area (Å²) in [6, 6.07) is 2.74. The zero-order valence-corrected chi connectivity index (χ0v) is 12.9. The second-order valence-electron chi connectivity index (χ2n) is 6.29. The van der Waals surface area contributed by atoms with E-state index in [0.29, 0.717) is 6.04 Å². The normalized spacial score (nSPS) is 25.5. The van der Waals surface area contributed by atoms with E-state index in [4.69, 9.17) is 0 Å². The lowest BCUT2D eigenvalue weighted by Crippen LogP contribution is -2.32. The van der Waals surface area contributed by atoms with Gasteiger partial charge in [0.1, 0.15) is 0 Å². The summed E-state index contributed by atoms with van der Waals surface area (Å²) in [5, 5.41) is 8.29. The Labute approximate surface area is 117 Å². The van der Waals surface area contributed by atoms with Gasteiger partial charge in [-0.1, -0.05) is 26.7 Å². The SMILES string of the molecule is CCCNC(c1cc(C)nn1C)C1CCC(C)CC1. The molecule has 0 spiro atoms. The maximum atomic E-state index is 4.53. The maximum Gasteiger partial charge on any atom is 0.0597 e. The van der Waals surface area contributed by atoms with E-state index in [1.807, 2.05) is 0 Å². The van der Waals surface area contributed by atoms with Gasteiger partial charge in [-0.2, -0.15) is 5.10 Å². The van der Waals surface area contributed by atoms with Crippen molar-refractivity contribution in [2.45, 2.75) is 58.9 Å². The molecule has 1 aliphatic rings. The summed E-state index contributed by atoms with van der Waals surface area (Å²) in [4.78, 5) is 0. The predicted octanol–water partition coefficient (Wildman–Crippen LogP) is 3.60. The van der Waals surface area contributed by atoms with Gasteiger partial charge in [-0.15, -0.1) is 0 Å². The fourth-order valence-electron chi connectivity index (χ4n) is 3.35. The first-order valence-electron chi connectivity index (χ1n) is 7.85. The van der Waals surface area contributed by atoms with Crippen LogP contribution in [0.3, 0.4) is 0 Å². The number of rotatable bonds is 5. The second-order valence-corrected chi connectivity index (χ2v) is 6.29. The molecule has 1 fully saturated rings. The highest BCUT2D eigenvalue weighted by Crippen LogP contribution is 2.36. The van der Waals surface area contributed by atoms with Gasteiger partial charge < -0.3 is 5.32 Å². The van der Waals surface area contributed by atoms with E-state index in [0.717, 1.165) is 24.1 Å². The van der Waals surface area contributed by atoms with Crippen LogP contribution < -0.4 is 5.32 Å². The van der Waals surface area contributed by atoms with Gasteiger partial charge in [0.2, 0.25) is 0 Å². The van der Waals surface area contributed by atoms with Crippen molar-refractivity contribution in [3.05, 3.63) is 17.5 Å². The minimum atomic E-state index is 0.485. The zero-order valence-electron chi connectivity index (χ0n) is 12.9. The maximum absolute atomic E-state index is 4.53. The highest BCUT2D eigenvalue weighted by Gasteiger charge is 2.28. The van der Waals surface area contributed by atoms with Crippen LogP contribution in [0, 0.1) is 18.8 Å². The van der Waals surface area contributed by atoms with Gasteiger partial charge in [-0.25, -0.2) is 0 Å². The lowest BCUT2D eigenvalue weighted by molar-refractivity contribution is 0.225. The van der Waals surface area contributed by atoms with Crippen molar-refractivity contribution < 1.29 is 0 Å². The molecule has 1 aromatic heterocycles.